The Hall–Kier alpha value is -0.0800. The van der Waals surface area contributed by atoms with E-state index in [1.807, 2.05) is 7.11 Å². The van der Waals surface area contributed by atoms with Crippen molar-refractivity contribution in [1.82, 2.24) is 5.32 Å². The van der Waals surface area contributed by atoms with Gasteiger partial charge in [-0.3, -0.25) is 0 Å². The Morgan fingerprint density at radius 2 is 2.00 bits per heavy atom. The molecule has 0 amide bonds. The molecule has 0 bridgehead atoms. The molecule has 2 fully saturated rings. The molecule has 94 valence electrons. The minimum Gasteiger partial charge on any atom is -0.381 e. The molecule has 3 atom stereocenters. The average molecular weight is 225 g/mol. The van der Waals surface area contributed by atoms with Crippen LogP contribution >= 0.6 is 0 Å². The molecule has 2 nitrogen and oxygen atoms in total. The van der Waals surface area contributed by atoms with Gasteiger partial charge in [-0.05, 0) is 43.7 Å². The van der Waals surface area contributed by atoms with Crippen LogP contribution in [0.1, 0.15) is 46.0 Å². The third-order valence-corrected chi connectivity index (χ3v) is 5.30. The zero-order valence-electron chi connectivity index (χ0n) is 11.1. The Morgan fingerprint density at radius 3 is 2.62 bits per heavy atom. The van der Waals surface area contributed by atoms with E-state index in [4.69, 9.17) is 4.74 Å². The summed E-state index contributed by atoms with van der Waals surface area (Å²) in [6.45, 7) is 7.07. The van der Waals surface area contributed by atoms with Gasteiger partial charge in [0, 0.05) is 7.11 Å². The van der Waals surface area contributed by atoms with Crippen LogP contribution in [-0.2, 0) is 4.74 Å². The van der Waals surface area contributed by atoms with Crippen LogP contribution in [0, 0.1) is 17.3 Å². The molecular weight excluding hydrogens is 198 g/mol. The van der Waals surface area contributed by atoms with E-state index in [0.717, 1.165) is 18.4 Å². The predicted octanol–water partition coefficient (Wildman–Crippen LogP) is 2.83. The van der Waals surface area contributed by atoms with Gasteiger partial charge in [0.15, 0.2) is 0 Å². The summed E-state index contributed by atoms with van der Waals surface area (Å²) in [4.78, 5) is 0. The summed E-state index contributed by atoms with van der Waals surface area (Å²) in [5, 5.41) is 3.59. The Kier molecular flexibility index (Phi) is 3.91. The number of ether oxygens (including phenoxy) is 1. The number of rotatable bonds is 3. The summed E-state index contributed by atoms with van der Waals surface area (Å²) >= 11 is 0. The second kappa shape index (κ2) is 5.05. The molecule has 0 aromatic rings. The van der Waals surface area contributed by atoms with Gasteiger partial charge in [0.05, 0.1) is 6.10 Å². The summed E-state index contributed by atoms with van der Waals surface area (Å²) < 4.78 is 5.65. The van der Waals surface area contributed by atoms with Gasteiger partial charge in [-0.25, -0.2) is 0 Å². The number of hydrogen-bond acceptors (Lipinski definition) is 2. The van der Waals surface area contributed by atoms with Crippen molar-refractivity contribution in [3.63, 3.8) is 0 Å². The van der Waals surface area contributed by atoms with Gasteiger partial charge in [0.25, 0.3) is 0 Å². The lowest BCUT2D eigenvalue weighted by atomic mass is 9.63. The predicted molar refractivity (Wildman–Crippen MR) is 67.5 cm³/mol. The highest BCUT2D eigenvalue weighted by Gasteiger charge is 2.45. The van der Waals surface area contributed by atoms with Gasteiger partial charge in [-0.15, -0.1) is 0 Å². The highest BCUT2D eigenvalue weighted by atomic mass is 16.5. The molecule has 2 rings (SSSR count). The van der Waals surface area contributed by atoms with Crippen molar-refractivity contribution in [2.75, 3.05) is 20.2 Å². The van der Waals surface area contributed by atoms with E-state index in [1.54, 1.807) is 0 Å². The van der Waals surface area contributed by atoms with Gasteiger partial charge < -0.3 is 10.1 Å². The van der Waals surface area contributed by atoms with Crippen LogP contribution in [0.5, 0.6) is 0 Å². The smallest absolute Gasteiger partial charge is 0.0600 e. The third-order valence-electron chi connectivity index (χ3n) is 5.30. The Morgan fingerprint density at radius 1 is 1.31 bits per heavy atom. The van der Waals surface area contributed by atoms with E-state index in [1.165, 1.54) is 38.6 Å². The molecular formula is C14H27NO. The summed E-state index contributed by atoms with van der Waals surface area (Å²) in [5.41, 5.74) is 0.384. The first-order chi connectivity index (χ1) is 7.68. The second-order valence-corrected chi connectivity index (χ2v) is 5.99. The standard InChI is InChI=1S/C14H27NO/c1-11(16-3)14(2)8-9-15-10-13(14)12-6-4-5-7-12/h11-13,15H,4-10H2,1-3H3. The summed E-state index contributed by atoms with van der Waals surface area (Å²) in [7, 11) is 1.86. The summed E-state index contributed by atoms with van der Waals surface area (Å²) in [6, 6.07) is 0. The SMILES string of the molecule is COC(C)C1(C)CCNCC1C1CCCC1. The van der Waals surface area contributed by atoms with Gasteiger partial charge >= 0.3 is 0 Å². The molecule has 0 aromatic carbocycles. The van der Waals surface area contributed by atoms with Crippen LogP contribution in [0.2, 0.25) is 0 Å². The fourth-order valence-electron chi connectivity index (χ4n) is 3.87. The molecule has 1 saturated carbocycles. The lowest BCUT2D eigenvalue weighted by Gasteiger charge is -2.48. The van der Waals surface area contributed by atoms with E-state index < -0.39 is 0 Å². The first-order valence-corrected chi connectivity index (χ1v) is 6.92. The lowest BCUT2D eigenvalue weighted by Crippen LogP contribution is -2.51. The Bertz CT molecular complexity index is 225. The van der Waals surface area contributed by atoms with E-state index >= 15 is 0 Å². The molecule has 1 saturated heterocycles. The van der Waals surface area contributed by atoms with Gasteiger partial charge in [-0.1, -0.05) is 32.6 Å². The first kappa shape index (κ1) is 12.4. The topological polar surface area (TPSA) is 21.3 Å². The average Bonchev–Trinajstić information content (AvgIpc) is 2.82. The number of methoxy groups -OCH3 is 1. The molecule has 2 aliphatic rings. The quantitative estimate of drug-likeness (QED) is 0.797. The highest BCUT2D eigenvalue weighted by molar-refractivity contribution is 4.96. The molecule has 1 N–H and O–H groups in total. The zero-order valence-corrected chi connectivity index (χ0v) is 11.1. The van der Waals surface area contributed by atoms with E-state index in [2.05, 4.69) is 19.2 Å². The van der Waals surface area contributed by atoms with Gasteiger partial charge in [0.1, 0.15) is 0 Å². The third kappa shape index (κ3) is 2.14. The normalized spacial score (nSPS) is 38.8. The van der Waals surface area contributed by atoms with Crippen LogP contribution in [0.4, 0.5) is 0 Å². The first-order valence-electron chi connectivity index (χ1n) is 6.92. The minimum atomic E-state index is 0.384. The molecule has 16 heavy (non-hydrogen) atoms. The molecule has 1 aliphatic heterocycles. The number of hydrogen-bond donors (Lipinski definition) is 1. The van der Waals surface area contributed by atoms with E-state index in [0.29, 0.717) is 11.5 Å². The van der Waals surface area contributed by atoms with Crippen molar-refractivity contribution < 1.29 is 4.74 Å². The molecule has 0 radical (unpaired) electrons. The maximum Gasteiger partial charge on any atom is 0.0600 e. The second-order valence-electron chi connectivity index (χ2n) is 5.99. The van der Waals surface area contributed by atoms with Crippen molar-refractivity contribution in [2.24, 2.45) is 17.3 Å². The van der Waals surface area contributed by atoms with Crippen molar-refractivity contribution in [1.29, 1.82) is 0 Å². The maximum atomic E-state index is 5.65. The summed E-state index contributed by atoms with van der Waals surface area (Å²) in [5.74, 6) is 1.76. The molecule has 3 unspecified atom stereocenters. The molecule has 0 spiro atoms. The molecule has 1 aliphatic carbocycles. The molecule has 2 heteroatoms. The lowest BCUT2D eigenvalue weighted by molar-refractivity contribution is -0.0594. The largest absolute Gasteiger partial charge is 0.381 e. The van der Waals surface area contributed by atoms with Crippen LogP contribution in [-0.4, -0.2) is 26.3 Å². The van der Waals surface area contributed by atoms with Gasteiger partial charge in [-0.2, -0.15) is 0 Å². The van der Waals surface area contributed by atoms with E-state index in [9.17, 15) is 0 Å². The molecule has 1 heterocycles. The Labute approximate surface area is 100 Å². The summed E-state index contributed by atoms with van der Waals surface area (Å²) in [6.07, 6.45) is 7.43. The van der Waals surface area contributed by atoms with Gasteiger partial charge in [0.2, 0.25) is 0 Å². The van der Waals surface area contributed by atoms with Crippen LogP contribution in [0.15, 0.2) is 0 Å². The maximum absolute atomic E-state index is 5.65. The molecule has 0 aromatic heterocycles. The zero-order chi connectivity index (χ0) is 11.6. The fraction of sp³-hybridized carbons (Fsp3) is 1.00. The highest BCUT2D eigenvalue weighted by Crippen LogP contribution is 2.46. The van der Waals surface area contributed by atoms with Crippen molar-refractivity contribution in [3.05, 3.63) is 0 Å². The van der Waals surface area contributed by atoms with E-state index in [-0.39, 0.29) is 0 Å². The number of nitrogens with one attached hydrogen (secondary N) is 1. The minimum absolute atomic E-state index is 0.384. The van der Waals surface area contributed by atoms with Crippen molar-refractivity contribution in [3.8, 4) is 0 Å². The monoisotopic (exact) mass is 225 g/mol. The van der Waals surface area contributed by atoms with Crippen LogP contribution in [0.25, 0.3) is 0 Å². The Balaban J connectivity index is 2.11. The van der Waals surface area contributed by atoms with Crippen LogP contribution < -0.4 is 5.32 Å². The number of piperidine rings is 1. The van der Waals surface area contributed by atoms with Crippen molar-refractivity contribution in [2.45, 2.75) is 52.1 Å². The van der Waals surface area contributed by atoms with Crippen LogP contribution in [0.3, 0.4) is 0 Å². The fourth-order valence-corrected chi connectivity index (χ4v) is 3.87. The van der Waals surface area contributed by atoms with Crippen molar-refractivity contribution >= 4 is 0 Å².